The molecule has 0 amide bonds. The summed E-state index contributed by atoms with van der Waals surface area (Å²) in [7, 11) is 1.60. The van der Waals surface area contributed by atoms with E-state index in [9.17, 15) is 8.78 Å². The second-order valence-corrected chi connectivity index (χ2v) is 3.59. The Labute approximate surface area is 94.6 Å². The molecular formula is C12H17F2NO. The summed E-state index contributed by atoms with van der Waals surface area (Å²) in [6, 6.07) is 7.85. The predicted octanol–water partition coefficient (Wildman–Crippen LogP) is 2.40. The van der Waals surface area contributed by atoms with Gasteiger partial charge in [-0.2, -0.15) is 8.78 Å². The van der Waals surface area contributed by atoms with Gasteiger partial charge in [0.05, 0.1) is 6.54 Å². The topological polar surface area (TPSA) is 21.3 Å². The number of hydrogen-bond donors (Lipinski definition) is 1. The van der Waals surface area contributed by atoms with E-state index in [4.69, 9.17) is 4.74 Å². The molecular weight excluding hydrogens is 212 g/mol. The van der Waals surface area contributed by atoms with Crippen LogP contribution in [0.4, 0.5) is 8.78 Å². The molecule has 0 aliphatic rings. The third kappa shape index (κ3) is 4.24. The van der Waals surface area contributed by atoms with Crippen molar-refractivity contribution in [1.82, 2.24) is 5.32 Å². The van der Waals surface area contributed by atoms with Gasteiger partial charge in [-0.1, -0.05) is 30.3 Å². The minimum atomic E-state index is -2.81. The van der Waals surface area contributed by atoms with Gasteiger partial charge in [-0.05, 0) is 13.0 Å². The Morgan fingerprint density at radius 1 is 1.25 bits per heavy atom. The standard InChI is InChI=1S/C12H17F2NO/c1-16-9-5-8-15-10-12(13,14)11-6-3-2-4-7-11/h2-4,6-7,15H,5,8-10H2,1H3. The lowest BCUT2D eigenvalue weighted by atomic mass is 10.1. The smallest absolute Gasteiger partial charge is 0.285 e. The molecule has 1 aromatic rings. The molecule has 0 heterocycles. The summed E-state index contributed by atoms with van der Waals surface area (Å²) in [5, 5.41) is 2.73. The van der Waals surface area contributed by atoms with Crippen LogP contribution >= 0.6 is 0 Å². The van der Waals surface area contributed by atoms with Crippen molar-refractivity contribution in [2.75, 3.05) is 26.8 Å². The number of benzene rings is 1. The maximum atomic E-state index is 13.6. The first-order chi connectivity index (χ1) is 7.67. The zero-order valence-electron chi connectivity index (χ0n) is 9.38. The minimum Gasteiger partial charge on any atom is -0.385 e. The summed E-state index contributed by atoms with van der Waals surface area (Å²) in [5.74, 6) is -2.81. The van der Waals surface area contributed by atoms with E-state index in [1.54, 1.807) is 25.3 Å². The molecule has 0 spiro atoms. The molecule has 0 aromatic heterocycles. The fourth-order valence-electron chi connectivity index (χ4n) is 1.37. The summed E-state index contributed by atoms with van der Waals surface area (Å²) in [6.45, 7) is 0.793. The Balaban J connectivity index is 2.35. The number of methoxy groups -OCH3 is 1. The monoisotopic (exact) mass is 229 g/mol. The number of ether oxygens (including phenoxy) is 1. The van der Waals surface area contributed by atoms with Gasteiger partial charge in [-0.3, -0.25) is 0 Å². The van der Waals surface area contributed by atoms with Crippen molar-refractivity contribution in [3.63, 3.8) is 0 Å². The molecule has 1 rings (SSSR count). The van der Waals surface area contributed by atoms with Crippen LogP contribution in [-0.2, 0) is 10.7 Å². The van der Waals surface area contributed by atoms with Crippen molar-refractivity contribution in [2.45, 2.75) is 12.3 Å². The van der Waals surface area contributed by atoms with E-state index in [1.165, 1.54) is 12.1 Å². The van der Waals surface area contributed by atoms with Crippen molar-refractivity contribution >= 4 is 0 Å². The van der Waals surface area contributed by atoms with Crippen LogP contribution in [-0.4, -0.2) is 26.8 Å². The molecule has 0 unspecified atom stereocenters. The average Bonchev–Trinajstić information content (AvgIpc) is 2.30. The molecule has 90 valence electrons. The summed E-state index contributed by atoms with van der Waals surface area (Å²) < 4.78 is 32.0. The Morgan fingerprint density at radius 3 is 2.56 bits per heavy atom. The average molecular weight is 229 g/mol. The van der Waals surface area contributed by atoms with E-state index in [0.717, 1.165) is 6.42 Å². The van der Waals surface area contributed by atoms with Crippen LogP contribution in [0.1, 0.15) is 12.0 Å². The number of hydrogen-bond acceptors (Lipinski definition) is 2. The van der Waals surface area contributed by atoms with Gasteiger partial charge >= 0.3 is 0 Å². The predicted molar refractivity (Wildman–Crippen MR) is 59.7 cm³/mol. The molecule has 1 aromatic carbocycles. The van der Waals surface area contributed by atoms with Gasteiger partial charge in [-0.15, -0.1) is 0 Å². The number of rotatable bonds is 7. The number of halogens is 2. The molecule has 0 atom stereocenters. The fraction of sp³-hybridized carbons (Fsp3) is 0.500. The molecule has 2 nitrogen and oxygen atoms in total. The summed E-state index contributed by atoms with van der Waals surface area (Å²) in [5.41, 5.74) is 0.0502. The highest BCUT2D eigenvalue weighted by Gasteiger charge is 2.30. The lowest BCUT2D eigenvalue weighted by Gasteiger charge is -2.17. The lowest BCUT2D eigenvalue weighted by Crippen LogP contribution is -2.31. The first-order valence-corrected chi connectivity index (χ1v) is 5.30. The highest BCUT2D eigenvalue weighted by molar-refractivity contribution is 5.20. The van der Waals surface area contributed by atoms with E-state index in [1.807, 2.05) is 0 Å². The highest BCUT2D eigenvalue weighted by atomic mass is 19.3. The molecule has 1 N–H and O–H groups in total. The first kappa shape index (κ1) is 13.1. The zero-order valence-corrected chi connectivity index (χ0v) is 9.38. The second-order valence-electron chi connectivity index (χ2n) is 3.59. The van der Waals surface area contributed by atoms with Gasteiger partial charge in [0.1, 0.15) is 0 Å². The van der Waals surface area contributed by atoms with Gasteiger partial charge in [0.25, 0.3) is 5.92 Å². The Bertz CT molecular complexity index is 290. The van der Waals surface area contributed by atoms with Crippen molar-refractivity contribution in [2.24, 2.45) is 0 Å². The van der Waals surface area contributed by atoms with Gasteiger partial charge in [0.2, 0.25) is 0 Å². The van der Waals surface area contributed by atoms with Gasteiger partial charge < -0.3 is 10.1 Å². The van der Waals surface area contributed by atoms with Crippen molar-refractivity contribution in [3.05, 3.63) is 35.9 Å². The molecule has 16 heavy (non-hydrogen) atoms. The van der Waals surface area contributed by atoms with E-state index in [2.05, 4.69) is 5.32 Å². The molecule has 0 saturated heterocycles. The third-order valence-corrected chi connectivity index (χ3v) is 2.25. The molecule has 0 radical (unpaired) electrons. The van der Waals surface area contributed by atoms with Crippen molar-refractivity contribution in [3.8, 4) is 0 Å². The van der Waals surface area contributed by atoms with E-state index in [0.29, 0.717) is 13.2 Å². The second kappa shape index (κ2) is 6.55. The molecule has 0 aliphatic heterocycles. The van der Waals surface area contributed by atoms with Crippen LogP contribution in [0.25, 0.3) is 0 Å². The van der Waals surface area contributed by atoms with E-state index in [-0.39, 0.29) is 12.1 Å². The molecule has 0 aliphatic carbocycles. The van der Waals surface area contributed by atoms with Crippen molar-refractivity contribution < 1.29 is 13.5 Å². The normalized spacial score (nSPS) is 11.7. The zero-order chi connectivity index (χ0) is 11.9. The van der Waals surface area contributed by atoms with Crippen LogP contribution in [0.3, 0.4) is 0 Å². The molecule has 4 heteroatoms. The third-order valence-electron chi connectivity index (χ3n) is 2.25. The van der Waals surface area contributed by atoms with Crippen molar-refractivity contribution in [1.29, 1.82) is 0 Å². The van der Waals surface area contributed by atoms with Crippen LogP contribution in [0.2, 0.25) is 0 Å². The van der Waals surface area contributed by atoms with Gasteiger partial charge in [0, 0.05) is 19.3 Å². The lowest BCUT2D eigenvalue weighted by molar-refractivity contribution is -0.00332. The summed E-state index contributed by atoms with van der Waals surface area (Å²) >= 11 is 0. The molecule has 0 bridgehead atoms. The maximum absolute atomic E-state index is 13.6. The Morgan fingerprint density at radius 2 is 1.94 bits per heavy atom. The Kier molecular flexibility index (Phi) is 5.35. The quantitative estimate of drug-likeness (QED) is 0.725. The van der Waals surface area contributed by atoms with Crippen LogP contribution in [0.5, 0.6) is 0 Å². The molecule has 0 saturated carbocycles. The summed E-state index contributed by atoms with van der Waals surface area (Å²) in [4.78, 5) is 0. The van der Waals surface area contributed by atoms with Crippen LogP contribution in [0, 0.1) is 0 Å². The van der Waals surface area contributed by atoms with Gasteiger partial charge in [-0.25, -0.2) is 0 Å². The fourth-order valence-corrected chi connectivity index (χ4v) is 1.37. The van der Waals surface area contributed by atoms with Crippen LogP contribution < -0.4 is 5.32 Å². The van der Waals surface area contributed by atoms with E-state index >= 15 is 0 Å². The van der Waals surface area contributed by atoms with Gasteiger partial charge in [0.15, 0.2) is 0 Å². The number of nitrogens with one attached hydrogen (secondary N) is 1. The van der Waals surface area contributed by atoms with E-state index < -0.39 is 5.92 Å². The van der Waals surface area contributed by atoms with Crippen LogP contribution in [0.15, 0.2) is 30.3 Å². The first-order valence-electron chi connectivity index (χ1n) is 5.30. The maximum Gasteiger partial charge on any atom is 0.285 e. The highest BCUT2D eigenvalue weighted by Crippen LogP contribution is 2.26. The SMILES string of the molecule is COCCCNCC(F)(F)c1ccccc1. The minimum absolute atomic E-state index is 0.0502. The largest absolute Gasteiger partial charge is 0.385 e. The molecule has 0 fully saturated rings. The summed E-state index contributed by atoms with van der Waals surface area (Å²) in [6.07, 6.45) is 0.737. The number of alkyl halides is 2. The Hall–Kier alpha value is -1.00.